The highest BCUT2D eigenvalue weighted by Crippen LogP contribution is 2.36. The molecule has 1 amide bonds. The molecule has 1 aliphatic heterocycles. The fourth-order valence-electron chi connectivity index (χ4n) is 2.25. The van der Waals surface area contributed by atoms with Gasteiger partial charge in [-0.3, -0.25) is 0 Å². The lowest BCUT2D eigenvalue weighted by molar-refractivity contribution is 0.0260. The van der Waals surface area contributed by atoms with E-state index in [1.807, 2.05) is 7.05 Å². The van der Waals surface area contributed by atoms with Crippen molar-refractivity contribution in [2.45, 2.75) is 37.7 Å². The zero-order chi connectivity index (χ0) is 8.60. The average molecular weight is 169 g/mol. The Morgan fingerprint density at radius 3 is 2.50 bits per heavy atom. The molecule has 1 saturated heterocycles. The van der Waals surface area contributed by atoms with E-state index in [-0.39, 0.29) is 11.7 Å². The highest BCUT2D eigenvalue weighted by atomic mass is 16.6. The van der Waals surface area contributed by atoms with Gasteiger partial charge in [-0.2, -0.15) is 0 Å². The maximum absolute atomic E-state index is 11.2. The van der Waals surface area contributed by atoms with Crippen LogP contribution in [0.5, 0.6) is 0 Å². The van der Waals surface area contributed by atoms with Crippen molar-refractivity contribution in [2.75, 3.05) is 13.6 Å². The molecule has 0 radical (unpaired) electrons. The van der Waals surface area contributed by atoms with E-state index in [2.05, 4.69) is 0 Å². The van der Waals surface area contributed by atoms with Crippen LogP contribution in [0.15, 0.2) is 0 Å². The Balaban J connectivity index is 2.07. The van der Waals surface area contributed by atoms with Gasteiger partial charge in [-0.25, -0.2) is 4.79 Å². The quantitative estimate of drug-likeness (QED) is 0.553. The van der Waals surface area contributed by atoms with Gasteiger partial charge in [0.15, 0.2) is 0 Å². The van der Waals surface area contributed by atoms with Crippen LogP contribution in [0.25, 0.3) is 0 Å². The average Bonchev–Trinajstić information content (AvgIpc) is 2.29. The number of carbonyl (C=O) groups is 1. The van der Waals surface area contributed by atoms with Crippen molar-refractivity contribution in [3.05, 3.63) is 0 Å². The zero-order valence-electron chi connectivity index (χ0n) is 7.51. The van der Waals surface area contributed by atoms with E-state index in [0.717, 1.165) is 19.4 Å². The van der Waals surface area contributed by atoms with E-state index in [1.165, 1.54) is 19.3 Å². The van der Waals surface area contributed by atoms with E-state index >= 15 is 0 Å². The summed E-state index contributed by atoms with van der Waals surface area (Å²) in [4.78, 5) is 12.8. The minimum atomic E-state index is -0.142. The van der Waals surface area contributed by atoms with Crippen molar-refractivity contribution in [3.8, 4) is 0 Å². The molecule has 0 bridgehead atoms. The zero-order valence-corrected chi connectivity index (χ0v) is 7.51. The van der Waals surface area contributed by atoms with Crippen molar-refractivity contribution in [3.63, 3.8) is 0 Å². The maximum Gasteiger partial charge on any atom is 0.410 e. The van der Waals surface area contributed by atoms with E-state index in [9.17, 15) is 4.79 Å². The Morgan fingerprint density at radius 2 is 2.00 bits per heavy atom. The Kier molecular flexibility index (Phi) is 1.74. The Morgan fingerprint density at radius 1 is 1.33 bits per heavy atom. The molecule has 0 unspecified atom stereocenters. The van der Waals surface area contributed by atoms with Gasteiger partial charge in [0.1, 0.15) is 5.60 Å². The fraction of sp³-hybridized carbons (Fsp3) is 0.889. The van der Waals surface area contributed by atoms with Crippen molar-refractivity contribution in [1.82, 2.24) is 4.90 Å². The summed E-state index contributed by atoms with van der Waals surface area (Å²) in [6, 6.07) is 0. The molecule has 12 heavy (non-hydrogen) atoms. The lowest BCUT2D eigenvalue weighted by Crippen LogP contribution is -2.35. The number of amides is 1. The molecule has 1 aliphatic carbocycles. The Labute approximate surface area is 72.7 Å². The summed E-state index contributed by atoms with van der Waals surface area (Å²) in [5.74, 6) is 0. The number of rotatable bonds is 0. The fourth-order valence-corrected chi connectivity index (χ4v) is 2.25. The molecule has 1 spiro atoms. The smallest absolute Gasteiger partial charge is 0.410 e. The first-order valence-corrected chi connectivity index (χ1v) is 4.66. The second-order valence-corrected chi connectivity index (χ2v) is 3.97. The van der Waals surface area contributed by atoms with Crippen LogP contribution in [0.2, 0.25) is 0 Å². The second-order valence-electron chi connectivity index (χ2n) is 3.97. The molecule has 2 fully saturated rings. The first-order chi connectivity index (χ1) is 5.72. The summed E-state index contributed by atoms with van der Waals surface area (Å²) in [5, 5.41) is 0. The summed E-state index contributed by atoms with van der Waals surface area (Å²) >= 11 is 0. The molecule has 2 aliphatic rings. The molecule has 68 valence electrons. The second kappa shape index (κ2) is 2.64. The van der Waals surface area contributed by atoms with Gasteiger partial charge < -0.3 is 9.64 Å². The minimum Gasteiger partial charge on any atom is -0.441 e. The van der Waals surface area contributed by atoms with Gasteiger partial charge in [0, 0.05) is 7.05 Å². The number of hydrogen-bond acceptors (Lipinski definition) is 2. The van der Waals surface area contributed by atoms with Gasteiger partial charge in [0.2, 0.25) is 0 Å². The molecule has 2 rings (SSSR count). The predicted molar refractivity (Wildman–Crippen MR) is 44.9 cm³/mol. The predicted octanol–water partition coefficient (Wildman–Crippen LogP) is 1.77. The third-order valence-corrected chi connectivity index (χ3v) is 2.91. The van der Waals surface area contributed by atoms with E-state index < -0.39 is 0 Å². The highest BCUT2D eigenvalue weighted by molar-refractivity contribution is 5.70. The van der Waals surface area contributed by atoms with Crippen LogP contribution in [0.3, 0.4) is 0 Å². The molecule has 3 heteroatoms. The van der Waals surface area contributed by atoms with Crippen LogP contribution in [0, 0.1) is 0 Å². The number of ether oxygens (including phenoxy) is 1. The van der Waals surface area contributed by atoms with E-state index in [4.69, 9.17) is 4.74 Å². The molecule has 0 aromatic heterocycles. The third kappa shape index (κ3) is 1.17. The van der Waals surface area contributed by atoms with Crippen LogP contribution < -0.4 is 0 Å². The van der Waals surface area contributed by atoms with Gasteiger partial charge in [-0.15, -0.1) is 0 Å². The summed E-state index contributed by atoms with van der Waals surface area (Å²) in [6.07, 6.45) is 5.69. The standard InChI is InChI=1S/C9H15NO2/c1-10-7-9(12-8(10)11)5-3-2-4-6-9/h2-7H2,1H3. The van der Waals surface area contributed by atoms with Crippen molar-refractivity contribution in [1.29, 1.82) is 0 Å². The SMILES string of the molecule is CN1CC2(CCCCC2)OC1=O. The van der Waals surface area contributed by atoms with E-state index in [0.29, 0.717) is 0 Å². The topological polar surface area (TPSA) is 29.5 Å². The van der Waals surface area contributed by atoms with Gasteiger partial charge >= 0.3 is 6.09 Å². The van der Waals surface area contributed by atoms with Crippen LogP contribution in [-0.4, -0.2) is 30.2 Å². The maximum atomic E-state index is 11.2. The van der Waals surface area contributed by atoms with Crippen molar-refractivity contribution in [2.24, 2.45) is 0 Å². The van der Waals surface area contributed by atoms with Crippen LogP contribution in [0.1, 0.15) is 32.1 Å². The molecular formula is C9H15NO2. The van der Waals surface area contributed by atoms with Gasteiger partial charge in [-0.1, -0.05) is 6.42 Å². The molecule has 3 nitrogen and oxygen atoms in total. The summed E-state index contributed by atoms with van der Waals surface area (Å²) in [6.45, 7) is 0.797. The largest absolute Gasteiger partial charge is 0.441 e. The van der Waals surface area contributed by atoms with Crippen molar-refractivity contribution >= 4 is 6.09 Å². The lowest BCUT2D eigenvalue weighted by atomic mass is 9.85. The molecule has 1 saturated carbocycles. The molecular weight excluding hydrogens is 154 g/mol. The highest BCUT2D eigenvalue weighted by Gasteiger charge is 2.43. The number of nitrogens with zero attached hydrogens (tertiary/aromatic N) is 1. The molecule has 1 heterocycles. The lowest BCUT2D eigenvalue weighted by Gasteiger charge is -2.30. The monoisotopic (exact) mass is 169 g/mol. The third-order valence-electron chi connectivity index (χ3n) is 2.91. The molecule has 0 atom stereocenters. The first-order valence-electron chi connectivity index (χ1n) is 4.66. The van der Waals surface area contributed by atoms with Gasteiger partial charge in [-0.05, 0) is 25.7 Å². The normalized spacial score (nSPS) is 27.8. The minimum absolute atomic E-state index is 0.107. The number of likely N-dealkylation sites (N-methyl/N-ethyl adjacent to an activating group) is 1. The molecule has 0 N–H and O–H groups in total. The molecule has 0 aromatic rings. The van der Waals surface area contributed by atoms with Crippen molar-refractivity contribution < 1.29 is 9.53 Å². The van der Waals surface area contributed by atoms with Gasteiger partial charge in [0.25, 0.3) is 0 Å². The summed E-state index contributed by atoms with van der Waals surface area (Å²) < 4.78 is 5.39. The first kappa shape index (κ1) is 7.90. The molecule has 0 aromatic carbocycles. The van der Waals surface area contributed by atoms with Gasteiger partial charge in [0.05, 0.1) is 6.54 Å². The van der Waals surface area contributed by atoms with Crippen LogP contribution in [-0.2, 0) is 4.74 Å². The number of carbonyl (C=O) groups excluding carboxylic acids is 1. The summed E-state index contributed by atoms with van der Waals surface area (Å²) in [5.41, 5.74) is -0.107. The Bertz CT molecular complexity index is 197. The van der Waals surface area contributed by atoms with E-state index in [1.54, 1.807) is 4.90 Å². The summed E-state index contributed by atoms with van der Waals surface area (Å²) in [7, 11) is 1.81. The number of hydrogen-bond donors (Lipinski definition) is 0. The van der Waals surface area contributed by atoms with Crippen LogP contribution in [0.4, 0.5) is 4.79 Å². The van der Waals surface area contributed by atoms with Crippen LogP contribution >= 0.6 is 0 Å². The Hall–Kier alpha value is -0.730.